The van der Waals surface area contributed by atoms with Crippen molar-refractivity contribution >= 4 is 11.9 Å². The number of para-hydroxylation sites is 1. The summed E-state index contributed by atoms with van der Waals surface area (Å²) in [5, 5.41) is 2.90. The summed E-state index contributed by atoms with van der Waals surface area (Å²) in [5.41, 5.74) is 0.297. The Morgan fingerprint density at radius 3 is 2.74 bits per heavy atom. The second-order valence-corrected chi connectivity index (χ2v) is 6.50. The summed E-state index contributed by atoms with van der Waals surface area (Å²) >= 11 is 0. The van der Waals surface area contributed by atoms with Gasteiger partial charge in [0.05, 0.1) is 27.4 Å². The van der Waals surface area contributed by atoms with Crippen LogP contribution < -0.4 is 19.5 Å². The molecule has 1 fully saturated rings. The summed E-state index contributed by atoms with van der Waals surface area (Å²) in [6.07, 6.45) is 0.389. The summed E-state index contributed by atoms with van der Waals surface area (Å²) in [6, 6.07) is 12.2. The SMILES string of the molecule is COc1ccc(OC)c(CN2C(=O)N[C@]3(CCOc4ccccc43)C2=O)c1. The summed E-state index contributed by atoms with van der Waals surface area (Å²) in [6.45, 7) is 0.454. The monoisotopic (exact) mass is 368 g/mol. The lowest BCUT2D eigenvalue weighted by molar-refractivity contribution is -0.133. The molecule has 4 rings (SSSR count). The first-order valence-corrected chi connectivity index (χ1v) is 8.66. The summed E-state index contributed by atoms with van der Waals surface area (Å²) < 4.78 is 16.3. The first-order chi connectivity index (χ1) is 13.1. The molecule has 1 N–H and O–H groups in total. The zero-order chi connectivity index (χ0) is 19.0. The molecule has 2 aromatic rings. The predicted molar refractivity (Wildman–Crippen MR) is 96.9 cm³/mol. The lowest BCUT2D eigenvalue weighted by Crippen LogP contribution is -2.47. The molecule has 1 saturated heterocycles. The first kappa shape index (κ1) is 17.2. The number of hydrogen-bond donors (Lipinski definition) is 1. The highest BCUT2D eigenvalue weighted by molar-refractivity contribution is 6.07. The van der Waals surface area contributed by atoms with Crippen LogP contribution in [0.1, 0.15) is 17.5 Å². The van der Waals surface area contributed by atoms with E-state index in [1.165, 1.54) is 4.90 Å². The van der Waals surface area contributed by atoms with Crippen LogP contribution in [0.4, 0.5) is 4.79 Å². The highest BCUT2D eigenvalue weighted by Gasteiger charge is 2.54. The van der Waals surface area contributed by atoms with Crippen molar-refractivity contribution in [2.45, 2.75) is 18.5 Å². The molecule has 1 atom stereocenters. The highest BCUT2D eigenvalue weighted by Crippen LogP contribution is 2.41. The van der Waals surface area contributed by atoms with Crippen molar-refractivity contribution in [3.8, 4) is 17.2 Å². The number of urea groups is 1. The van der Waals surface area contributed by atoms with E-state index in [4.69, 9.17) is 14.2 Å². The molecule has 0 radical (unpaired) electrons. The number of carbonyl (C=O) groups excluding carboxylic acids is 2. The van der Waals surface area contributed by atoms with E-state index in [0.717, 1.165) is 0 Å². The van der Waals surface area contributed by atoms with Crippen LogP contribution in [0.3, 0.4) is 0 Å². The van der Waals surface area contributed by atoms with Crippen molar-refractivity contribution < 1.29 is 23.8 Å². The van der Waals surface area contributed by atoms with Gasteiger partial charge in [-0.05, 0) is 24.3 Å². The van der Waals surface area contributed by atoms with Crippen molar-refractivity contribution in [1.29, 1.82) is 0 Å². The van der Waals surface area contributed by atoms with Crippen LogP contribution in [-0.4, -0.2) is 37.7 Å². The Bertz CT molecular complexity index is 913. The Hall–Kier alpha value is -3.22. The van der Waals surface area contributed by atoms with Gasteiger partial charge in [-0.25, -0.2) is 4.79 Å². The van der Waals surface area contributed by atoms with Crippen molar-refractivity contribution in [1.82, 2.24) is 10.2 Å². The number of nitrogens with zero attached hydrogens (tertiary/aromatic N) is 1. The van der Waals surface area contributed by atoms with E-state index in [0.29, 0.717) is 41.4 Å². The quantitative estimate of drug-likeness (QED) is 0.839. The summed E-state index contributed by atoms with van der Waals surface area (Å²) in [4.78, 5) is 27.3. The molecule has 0 saturated carbocycles. The third-order valence-electron chi connectivity index (χ3n) is 5.07. The van der Waals surface area contributed by atoms with E-state index in [1.54, 1.807) is 32.4 Å². The van der Waals surface area contributed by atoms with Crippen LogP contribution in [-0.2, 0) is 16.9 Å². The van der Waals surface area contributed by atoms with Gasteiger partial charge in [-0.1, -0.05) is 18.2 Å². The molecule has 3 amide bonds. The van der Waals surface area contributed by atoms with Crippen LogP contribution in [0.2, 0.25) is 0 Å². The van der Waals surface area contributed by atoms with Gasteiger partial charge >= 0.3 is 6.03 Å². The Kier molecular flexibility index (Phi) is 4.14. The van der Waals surface area contributed by atoms with Gasteiger partial charge in [0, 0.05) is 17.5 Å². The van der Waals surface area contributed by atoms with Crippen LogP contribution in [0.15, 0.2) is 42.5 Å². The van der Waals surface area contributed by atoms with Crippen LogP contribution >= 0.6 is 0 Å². The molecular formula is C20H20N2O5. The molecule has 2 aliphatic heterocycles. The topological polar surface area (TPSA) is 77.1 Å². The predicted octanol–water partition coefficient (Wildman–Crippen LogP) is 2.43. The molecule has 1 spiro atoms. The van der Waals surface area contributed by atoms with E-state index in [9.17, 15) is 9.59 Å². The average Bonchev–Trinajstić information content (AvgIpc) is 2.93. The number of rotatable bonds is 4. The third kappa shape index (κ3) is 2.66. The molecule has 0 unspecified atom stereocenters. The van der Waals surface area contributed by atoms with Crippen LogP contribution in [0.5, 0.6) is 17.2 Å². The maximum absolute atomic E-state index is 13.3. The molecule has 7 heteroatoms. The Balaban J connectivity index is 1.70. The van der Waals surface area contributed by atoms with Crippen molar-refractivity contribution in [2.75, 3.05) is 20.8 Å². The van der Waals surface area contributed by atoms with Gasteiger partial charge in [0.25, 0.3) is 5.91 Å². The van der Waals surface area contributed by atoms with Crippen molar-refractivity contribution in [2.24, 2.45) is 0 Å². The minimum absolute atomic E-state index is 0.0931. The second-order valence-electron chi connectivity index (χ2n) is 6.50. The van der Waals surface area contributed by atoms with Gasteiger partial charge in [0.2, 0.25) is 0 Å². The third-order valence-corrected chi connectivity index (χ3v) is 5.07. The average molecular weight is 368 g/mol. The number of hydrogen-bond acceptors (Lipinski definition) is 5. The van der Waals surface area contributed by atoms with Crippen LogP contribution in [0.25, 0.3) is 0 Å². The van der Waals surface area contributed by atoms with Crippen molar-refractivity contribution in [3.63, 3.8) is 0 Å². The number of imide groups is 1. The molecule has 7 nitrogen and oxygen atoms in total. The smallest absolute Gasteiger partial charge is 0.325 e. The Labute approximate surface area is 156 Å². The molecule has 0 aromatic heterocycles. The summed E-state index contributed by atoms with van der Waals surface area (Å²) in [5.74, 6) is 1.56. The normalized spacial score (nSPS) is 20.9. The lowest BCUT2D eigenvalue weighted by Gasteiger charge is -2.33. The number of ether oxygens (including phenoxy) is 3. The van der Waals surface area contributed by atoms with Crippen LogP contribution in [0, 0.1) is 0 Å². The number of methoxy groups -OCH3 is 2. The Morgan fingerprint density at radius 2 is 1.96 bits per heavy atom. The highest BCUT2D eigenvalue weighted by atomic mass is 16.5. The summed E-state index contributed by atoms with van der Waals surface area (Å²) in [7, 11) is 3.11. The van der Waals surface area contributed by atoms with Crippen molar-refractivity contribution in [3.05, 3.63) is 53.6 Å². The fourth-order valence-corrected chi connectivity index (χ4v) is 3.69. The molecule has 27 heavy (non-hydrogen) atoms. The van der Waals surface area contributed by atoms with Gasteiger partial charge in [-0.3, -0.25) is 9.69 Å². The fraction of sp³-hybridized carbons (Fsp3) is 0.300. The minimum Gasteiger partial charge on any atom is -0.497 e. The lowest BCUT2D eigenvalue weighted by atomic mass is 9.84. The maximum atomic E-state index is 13.3. The molecule has 2 aliphatic rings. The minimum atomic E-state index is -1.09. The molecule has 2 aromatic carbocycles. The largest absolute Gasteiger partial charge is 0.497 e. The fourth-order valence-electron chi connectivity index (χ4n) is 3.69. The zero-order valence-electron chi connectivity index (χ0n) is 15.2. The standard InChI is InChI=1S/C20H20N2O5/c1-25-14-7-8-16(26-2)13(11-14)12-22-18(23)20(21-19(22)24)9-10-27-17-6-4-3-5-15(17)20/h3-8,11H,9-10,12H2,1-2H3,(H,21,24)/t20-/m0/s1. The van der Waals surface area contributed by atoms with Gasteiger partial charge in [0.1, 0.15) is 17.2 Å². The number of fused-ring (bicyclic) bond motifs is 2. The molecule has 140 valence electrons. The molecule has 0 aliphatic carbocycles. The number of carbonyl (C=O) groups is 2. The Morgan fingerprint density at radius 1 is 1.15 bits per heavy atom. The van der Waals surface area contributed by atoms with Gasteiger partial charge in [0.15, 0.2) is 5.54 Å². The second kappa shape index (κ2) is 6.50. The van der Waals surface area contributed by atoms with Gasteiger partial charge in [-0.2, -0.15) is 0 Å². The maximum Gasteiger partial charge on any atom is 0.325 e. The zero-order valence-corrected chi connectivity index (χ0v) is 15.2. The molecule has 2 heterocycles. The number of amides is 3. The van der Waals surface area contributed by atoms with Gasteiger partial charge < -0.3 is 19.5 Å². The van der Waals surface area contributed by atoms with E-state index in [1.807, 2.05) is 24.3 Å². The molecule has 0 bridgehead atoms. The number of nitrogens with one attached hydrogen (secondary N) is 1. The van der Waals surface area contributed by atoms with E-state index in [-0.39, 0.29) is 12.5 Å². The molecular weight excluding hydrogens is 348 g/mol. The van der Waals surface area contributed by atoms with Gasteiger partial charge in [-0.15, -0.1) is 0 Å². The first-order valence-electron chi connectivity index (χ1n) is 8.66. The van der Waals surface area contributed by atoms with E-state index < -0.39 is 11.6 Å². The number of benzene rings is 2. The van der Waals surface area contributed by atoms with E-state index >= 15 is 0 Å². The van der Waals surface area contributed by atoms with E-state index in [2.05, 4.69) is 5.32 Å².